The first-order valence-corrected chi connectivity index (χ1v) is 9.44. The highest BCUT2D eigenvalue weighted by Crippen LogP contribution is 2.46. The molecular weight excluding hydrogens is 284 g/mol. The minimum absolute atomic E-state index is 0.393. The molecule has 1 saturated heterocycles. The number of aryl methyl sites for hydroxylation is 1. The summed E-state index contributed by atoms with van der Waals surface area (Å²) in [6, 6.07) is 3.04. The lowest BCUT2D eigenvalue weighted by Gasteiger charge is -2.41. The topological polar surface area (TPSA) is 32.3 Å². The van der Waals surface area contributed by atoms with Gasteiger partial charge in [-0.05, 0) is 38.0 Å². The minimum Gasteiger partial charge on any atom is -0.354 e. The molecule has 4 heteroatoms. The quantitative estimate of drug-likeness (QED) is 0.857. The number of aromatic nitrogens is 2. The second-order valence-electron chi connectivity index (χ2n) is 8.15. The molecule has 2 bridgehead atoms. The first-order chi connectivity index (χ1) is 11.1. The Morgan fingerprint density at radius 1 is 1.04 bits per heavy atom. The van der Waals surface area contributed by atoms with E-state index in [4.69, 9.17) is 4.98 Å². The molecule has 0 spiro atoms. The zero-order valence-electron chi connectivity index (χ0n) is 14.8. The Morgan fingerprint density at radius 3 is 2.43 bits per heavy atom. The van der Waals surface area contributed by atoms with Gasteiger partial charge in [0.2, 0.25) is 0 Å². The smallest absolute Gasteiger partial charge is 0.133 e. The highest BCUT2D eigenvalue weighted by atomic mass is 15.3. The fourth-order valence-corrected chi connectivity index (χ4v) is 4.94. The van der Waals surface area contributed by atoms with Crippen molar-refractivity contribution in [2.75, 3.05) is 31.1 Å². The maximum absolute atomic E-state index is 4.81. The standard InChI is InChI=1S/C19H30N4/c1-13(2)19-20-14(3)10-18(21-19)23-8-6-22(7-9-23)17-12-15-4-5-16(17)11-15/h10,13,15-17H,4-9,11-12H2,1-3H3. The first-order valence-electron chi connectivity index (χ1n) is 9.44. The monoisotopic (exact) mass is 314 g/mol. The average Bonchev–Trinajstić information content (AvgIpc) is 3.17. The normalized spacial score (nSPS) is 31.3. The maximum atomic E-state index is 4.81. The highest BCUT2D eigenvalue weighted by Gasteiger charge is 2.42. The Labute approximate surface area is 140 Å². The van der Waals surface area contributed by atoms with E-state index in [-0.39, 0.29) is 0 Å². The molecule has 126 valence electrons. The first kappa shape index (κ1) is 15.4. The van der Waals surface area contributed by atoms with E-state index in [9.17, 15) is 0 Å². The molecular formula is C19H30N4. The number of nitrogens with zero attached hydrogens (tertiary/aromatic N) is 4. The lowest BCUT2D eigenvalue weighted by molar-refractivity contribution is 0.134. The Morgan fingerprint density at radius 2 is 1.83 bits per heavy atom. The van der Waals surface area contributed by atoms with Crippen molar-refractivity contribution < 1.29 is 0 Å². The molecule has 1 aromatic heterocycles. The SMILES string of the molecule is Cc1cc(N2CCN(C3CC4CCC3C4)CC2)nc(C(C)C)n1. The Kier molecular flexibility index (Phi) is 4.04. The maximum Gasteiger partial charge on any atom is 0.133 e. The molecule has 0 amide bonds. The fourth-order valence-electron chi connectivity index (χ4n) is 4.94. The number of piperazine rings is 1. The van der Waals surface area contributed by atoms with E-state index < -0.39 is 0 Å². The number of hydrogen-bond acceptors (Lipinski definition) is 4. The summed E-state index contributed by atoms with van der Waals surface area (Å²) < 4.78 is 0. The van der Waals surface area contributed by atoms with Gasteiger partial charge in [0.1, 0.15) is 11.6 Å². The molecule has 1 aromatic rings. The van der Waals surface area contributed by atoms with Crippen LogP contribution < -0.4 is 4.90 Å². The van der Waals surface area contributed by atoms with Gasteiger partial charge in [0, 0.05) is 49.9 Å². The largest absolute Gasteiger partial charge is 0.354 e. The van der Waals surface area contributed by atoms with Crippen LogP contribution in [0.2, 0.25) is 0 Å². The second-order valence-corrected chi connectivity index (χ2v) is 8.15. The van der Waals surface area contributed by atoms with Crippen LogP contribution in [0.25, 0.3) is 0 Å². The molecule has 3 unspecified atom stereocenters. The number of fused-ring (bicyclic) bond motifs is 2. The number of anilines is 1. The van der Waals surface area contributed by atoms with Crippen molar-refractivity contribution >= 4 is 5.82 Å². The molecule has 0 radical (unpaired) electrons. The van der Waals surface area contributed by atoms with Gasteiger partial charge in [0.25, 0.3) is 0 Å². The summed E-state index contributed by atoms with van der Waals surface area (Å²) in [4.78, 5) is 14.6. The predicted molar refractivity (Wildman–Crippen MR) is 93.9 cm³/mol. The third-order valence-electron chi connectivity index (χ3n) is 6.18. The lowest BCUT2D eigenvalue weighted by Crippen LogP contribution is -2.52. The number of hydrogen-bond donors (Lipinski definition) is 0. The van der Waals surface area contributed by atoms with Crippen molar-refractivity contribution in [3.05, 3.63) is 17.6 Å². The van der Waals surface area contributed by atoms with Gasteiger partial charge in [-0.25, -0.2) is 9.97 Å². The van der Waals surface area contributed by atoms with E-state index in [0.29, 0.717) is 5.92 Å². The van der Waals surface area contributed by atoms with Crippen molar-refractivity contribution in [2.24, 2.45) is 11.8 Å². The van der Waals surface area contributed by atoms with Gasteiger partial charge < -0.3 is 4.90 Å². The van der Waals surface area contributed by atoms with Crippen molar-refractivity contribution in [1.29, 1.82) is 0 Å². The van der Waals surface area contributed by atoms with Crippen LogP contribution in [0.5, 0.6) is 0 Å². The van der Waals surface area contributed by atoms with Crippen LogP contribution in [0.1, 0.15) is 57.0 Å². The molecule has 1 aliphatic heterocycles. The summed E-state index contributed by atoms with van der Waals surface area (Å²) in [5.74, 6) is 4.55. The lowest BCUT2D eigenvalue weighted by atomic mass is 9.93. The zero-order chi connectivity index (χ0) is 16.0. The third kappa shape index (κ3) is 2.98. The van der Waals surface area contributed by atoms with Gasteiger partial charge in [-0.1, -0.05) is 20.3 Å². The van der Waals surface area contributed by atoms with Gasteiger partial charge in [-0.15, -0.1) is 0 Å². The van der Waals surface area contributed by atoms with Crippen LogP contribution in [0, 0.1) is 18.8 Å². The Balaban J connectivity index is 1.41. The van der Waals surface area contributed by atoms with E-state index in [1.807, 2.05) is 0 Å². The van der Waals surface area contributed by atoms with Crippen LogP contribution in [-0.4, -0.2) is 47.1 Å². The van der Waals surface area contributed by atoms with E-state index in [1.165, 1.54) is 38.8 Å². The molecule has 4 rings (SSSR count). The second kappa shape index (κ2) is 6.04. The molecule has 3 atom stereocenters. The van der Waals surface area contributed by atoms with E-state index >= 15 is 0 Å². The van der Waals surface area contributed by atoms with Crippen LogP contribution >= 0.6 is 0 Å². The van der Waals surface area contributed by atoms with Crippen LogP contribution in [-0.2, 0) is 0 Å². The summed E-state index contributed by atoms with van der Waals surface area (Å²) >= 11 is 0. The highest BCUT2D eigenvalue weighted by molar-refractivity contribution is 5.40. The molecule has 0 N–H and O–H groups in total. The summed E-state index contributed by atoms with van der Waals surface area (Å²) in [6.07, 6.45) is 5.96. The minimum atomic E-state index is 0.393. The van der Waals surface area contributed by atoms with Gasteiger partial charge >= 0.3 is 0 Å². The number of rotatable bonds is 3. The van der Waals surface area contributed by atoms with Gasteiger partial charge in [0.15, 0.2) is 0 Å². The molecule has 3 fully saturated rings. The molecule has 2 heterocycles. The Bertz CT molecular complexity index is 562. The van der Waals surface area contributed by atoms with Crippen molar-refractivity contribution in [1.82, 2.24) is 14.9 Å². The summed E-state index contributed by atoms with van der Waals surface area (Å²) in [6.45, 7) is 11.1. The van der Waals surface area contributed by atoms with Crippen LogP contribution in [0.3, 0.4) is 0 Å². The zero-order valence-corrected chi connectivity index (χ0v) is 14.8. The average molecular weight is 314 g/mol. The summed E-state index contributed by atoms with van der Waals surface area (Å²) in [5.41, 5.74) is 1.09. The molecule has 3 aliphatic rings. The summed E-state index contributed by atoms with van der Waals surface area (Å²) in [5, 5.41) is 0. The third-order valence-corrected chi connectivity index (χ3v) is 6.18. The molecule has 23 heavy (non-hydrogen) atoms. The van der Waals surface area contributed by atoms with Crippen LogP contribution in [0.4, 0.5) is 5.82 Å². The van der Waals surface area contributed by atoms with Gasteiger partial charge in [0.05, 0.1) is 0 Å². The van der Waals surface area contributed by atoms with E-state index in [1.54, 1.807) is 0 Å². The van der Waals surface area contributed by atoms with Crippen molar-refractivity contribution in [2.45, 2.75) is 58.4 Å². The fraction of sp³-hybridized carbons (Fsp3) is 0.789. The molecule has 0 aromatic carbocycles. The Hall–Kier alpha value is -1.16. The summed E-state index contributed by atoms with van der Waals surface area (Å²) in [7, 11) is 0. The van der Waals surface area contributed by atoms with Gasteiger partial charge in [-0.2, -0.15) is 0 Å². The molecule has 2 aliphatic carbocycles. The molecule has 2 saturated carbocycles. The van der Waals surface area contributed by atoms with E-state index in [2.05, 4.69) is 41.6 Å². The molecule has 4 nitrogen and oxygen atoms in total. The van der Waals surface area contributed by atoms with Crippen molar-refractivity contribution in [3.8, 4) is 0 Å². The van der Waals surface area contributed by atoms with Gasteiger partial charge in [-0.3, -0.25) is 4.90 Å². The van der Waals surface area contributed by atoms with Crippen molar-refractivity contribution in [3.63, 3.8) is 0 Å². The van der Waals surface area contributed by atoms with Crippen LogP contribution in [0.15, 0.2) is 6.07 Å². The predicted octanol–water partition coefficient (Wildman–Crippen LogP) is 3.22. The van der Waals surface area contributed by atoms with E-state index in [0.717, 1.165) is 48.3 Å².